The lowest BCUT2D eigenvalue weighted by Crippen LogP contribution is -2.23. The van der Waals surface area contributed by atoms with Crippen LogP contribution in [0.4, 0.5) is 0 Å². The van der Waals surface area contributed by atoms with E-state index in [2.05, 4.69) is 5.32 Å². The molecule has 1 aromatic rings. The molecule has 0 fully saturated rings. The minimum Gasteiger partial charge on any atom is -0.493 e. The van der Waals surface area contributed by atoms with Crippen molar-refractivity contribution in [1.82, 2.24) is 5.32 Å². The van der Waals surface area contributed by atoms with Crippen LogP contribution in [-0.4, -0.2) is 19.6 Å². The van der Waals surface area contributed by atoms with Gasteiger partial charge < -0.3 is 14.5 Å². The van der Waals surface area contributed by atoms with Crippen molar-refractivity contribution in [2.45, 2.75) is 26.2 Å². The molecule has 15 heavy (non-hydrogen) atoms. The average Bonchev–Trinajstić information content (AvgIpc) is 2.71. The van der Waals surface area contributed by atoms with Crippen LogP contribution >= 0.6 is 0 Å². The monoisotopic (exact) mass is 211 g/mol. The minimum atomic E-state index is 0.0846. The Morgan fingerprint density at radius 2 is 2.40 bits per heavy atom. The molecule has 0 aliphatic rings. The third-order valence-electron chi connectivity index (χ3n) is 2.15. The van der Waals surface area contributed by atoms with E-state index in [1.165, 1.54) is 0 Å². The van der Waals surface area contributed by atoms with Crippen LogP contribution in [0.1, 0.15) is 25.5 Å². The number of hydrogen-bond acceptors (Lipinski definition) is 3. The highest BCUT2D eigenvalue weighted by Gasteiger charge is 2.05. The van der Waals surface area contributed by atoms with Gasteiger partial charge in [-0.25, -0.2) is 0 Å². The Morgan fingerprint density at radius 1 is 1.60 bits per heavy atom. The van der Waals surface area contributed by atoms with Crippen molar-refractivity contribution in [3.63, 3.8) is 0 Å². The number of ether oxygens (including phenoxy) is 1. The third kappa shape index (κ3) is 3.65. The second kappa shape index (κ2) is 6.11. The molecule has 1 amide bonds. The van der Waals surface area contributed by atoms with Crippen LogP contribution in [0.15, 0.2) is 16.7 Å². The summed E-state index contributed by atoms with van der Waals surface area (Å²) < 4.78 is 10.4. The molecule has 0 aromatic carbocycles. The number of amides is 1. The zero-order chi connectivity index (χ0) is 11.1. The largest absolute Gasteiger partial charge is 0.493 e. The Hall–Kier alpha value is -1.45. The molecule has 0 unspecified atom stereocenters. The molecule has 4 heteroatoms. The summed E-state index contributed by atoms with van der Waals surface area (Å²) in [6.45, 7) is 2.52. The smallest absolute Gasteiger partial charge is 0.219 e. The molecule has 1 rings (SSSR count). The fourth-order valence-corrected chi connectivity index (χ4v) is 1.29. The van der Waals surface area contributed by atoms with Crippen LogP contribution in [-0.2, 0) is 11.2 Å². The minimum absolute atomic E-state index is 0.0846. The zero-order valence-electron chi connectivity index (χ0n) is 9.21. The Labute approximate surface area is 89.6 Å². The van der Waals surface area contributed by atoms with Gasteiger partial charge in [0.05, 0.1) is 13.4 Å². The highest BCUT2D eigenvalue weighted by molar-refractivity contribution is 5.75. The number of carbonyl (C=O) groups is 1. The summed E-state index contributed by atoms with van der Waals surface area (Å²) in [6.07, 6.45) is 3.78. The van der Waals surface area contributed by atoms with Crippen LogP contribution in [0.5, 0.6) is 5.75 Å². The molecule has 0 bridgehead atoms. The maximum absolute atomic E-state index is 10.9. The number of hydrogen-bond donors (Lipinski definition) is 1. The summed E-state index contributed by atoms with van der Waals surface area (Å²) in [4.78, 5) is 10.9. The van der Waals surface area contributed by atoms with Crippen LogP contribution in [0.25, 0.3) is 0 Å². The van der Waals surface area contributed by atoms with E-state index in [1.807, 2.05) is 6.92 Å². The van der Waals surface area contributed by atoms with Gasteiger partial charge in [-0.2, -0.15) is 0 Å². The maximum Gasteiger partial charge on any atom is 0.219 e. The Balaban J connectivity index is 2.23. The van der Waals surface area contributed by atoms with Crippen molar-refractivity contribution in [1.29, 1.82) is 0 Å². The highest BCUT2D eigenvalue weighted by atomic mass is 16.5. The van der Waals surface area contributed by atoms with Crippen molar-refractivity contribution >= 4 is 5.91 Å². The molecule has 0 saturated carbocycles. The van der Waals surface area contributed by atoms with Gasteiger partial charge in [0.1, 0.15) is 5.76 Å². The summed E-state index contributed by atoms with van der Waals surface area (Å²) in [7, 11) is 1.62. The van der Waals surface area contributed by atoms with Gasteiger partial charge in [-0.15, -0.1) is 0 Å². The SMILES string of the molecule is CCC(=O)NCCCc1occc1OC. The molecule has 0 atom stereocenters. The Kier molecular flexibility index (Phi) is 4.74. The molecule has 0 spiro atoms. The van der Waals surface area contributed by atoms with Gasteiger partial charge >= 0.3 is 0 Å². The molecule has 0 aliphatic carbocycles. The van der Waals surface area contributed by atoms with Gasteiger partial charge in [0.15, 0.2) is 5.75 Å². The van der Waals surface area contributed by atoms with E-state index in [1.54, 1.807) is 19.4 Å². The quantitative estimate of drug-likeness (QED) is 0.729. The first kappa shape index (κ1) is 11.6. The molecular weight excluding hydrogens is 194 g/mol. The van der Waals surface area contributed by atoms with Gasteiger partial charge in [0.25, 0.3) is 0 Å². The number of furan rings is 1. The topological polar surface area (TPSA) is 51.5 Å². The zero-order valence-corrected chi connectivity index (χ0v) is 9.21. The van der Waals surface area contributed by atoms with Crippen LogP contribution in [0, 0.1) is 0 Å². The second-order valence-corrected chi connectivity index (χ2v) is 3.22. The summed E-state index contributed by atoms with van der Waals surface area (Å²) in [5, 5.41) is 2.81. The van der Waals surface area contributed by atoms with Gasteiger partial charge in [-0.1, -0.05) is 6.92 Å². The Bertz CT molecular complexity index is 307. The first-order chi connectivity index (χ1) is 7.27. The van der Waals surface area contributed by atoms with Crippen molar-refractivity contribution in [3.05, 3.63) is 18.1 Å². The fraction of sp³-hybridized carbons (Fsp3) is 0.545. The predicted octanol–water partition coefficient (Wildman–Crippen LogP) is 1.75. The first-order valence-corrected chi connectivity index (χ1v) is 5.15. The van der Waals surface area contributed by atoms with E-state index in [0.717, 1.165) is 24.4 Å². The van der Waals surface area contributed by atoms with Gasteiger partial charge in [-0.3, -0.25) is 4.79 Å². The molecule has 4 nitrogen and oxygen atoms in total. The fourth-order valence-electron chi connectivity index (χ4n) is 1.29. The molecular formula is C11H17NO3. The molecule has 0 radical (unpaired) electrons. The molecule has 1 heterocycles. The lowest BCUT2D eigenvalue weighted by Gasteiger charge is -2.03. The Morgan fingerprint density at radius 3 is 3.07 bits per heavy atom. The van der Waals surface area contributed by atoms with Crippen LogP contribution in [0.2, 0.25) is 0 Å². The van der Waals surface area contributed by atoms with E-state index < -0.39 is 0 Å². The molecule has 0 saturated heterocycles. The third-order valence-corrected chi connectivity index (χ3v) is 2.15. The molecule has 1 N–H and O–H groups in total. The lowest BCUT2D eigenvalue weighted by molar-refractivity contribution is -0.120. The van der Waals surface area contributed by atoms with Gasteiger partial charge in [-0.05, 0) is 6.42 Å². The molecule has 0 aliphatic heterocycles. The maximum atomic E-state index is 10.9. The van der Waals surface area contributed by atoms with Crippen molar-refractivity contribution in [2.24, 2.45) is 0 Å². The van der Waals surface area contributed by atoms with E-state index in [9.17, 15) is 4.79 Å². The predicted molar refractivity (Wildman–Crippen MR) is 56.9 cm³/mol. The summed E-state index contributed by atoms with van der Waals surface area (Å²) >= 11 is 0. The van der Waals surface area contributed by atoms with Crippen LogP contribution in [0.3, 0.4) is 0 Å². The van der Waals surface area contributed by atoms with Crippen molar-refractivity contribution in [2.75, 3.05) is 13.7 Å². The number of rotatable bonds is 6. The van der Waals surface area contributed by atoms with Gasteiger partial charge in [0, 0.05) is 25.5 Å². The molecule has 1 aromatic heterocycles. The lowest BCUT2D eigenvalue weighted by atomic mass is 10.2. The summed E-state index contributed by atoms with van der Waals surface area (Å²) in [6, 6.07) is 1.79. The van der Waals surface area contributed by atoms with Crippen LogP contribution < -0.4 is 10.1 Å². The molecule has 84 valence electrons. The van der Waals surface area contributed by atoms with E-state index in [4.69, 9.17) is 9.15 Å². The number of carbonyl (C=O) groups excluding carboxylic acids is 1. The van der Waals surface area contributed by atoms with E-state index in [0.29, 0.717) is 13.0 Å². The van der Waals surface area contributed by atoms with Crippen molar-refractivity contribution < 1.29 is 13.9 Å². The normalized spacial score (nSPS) is 10.0. The van der Waals surface area contributed by atoms with Gasteiger partial charge in [0.2, 0.25) is 5.91 Å². The summed E-state index contributed by atoms with van der Waals surface area (Å²) in [5.74, 6) is 1.70. The first-order valence-electron chi connectivity index (χ1n) is 5.15. The summed E-state index contributed by atoms with van der Waals surface area (Å²) in [5.41, 5.74) is 0. The van der Waals surface area contributed by atoms with E-state index >= 15 is 0 Å². The van der Waals surface area contributed by atoms with E-state index in [-0.39, 0.29) is 5.91 Å². The van der Waals surface area contributed by atoms with Crippen molar-refractivity contribution in [3.8, 4) is 5.75 Å². The second-order valence-electron chi connectivity index (χ2n) is 3.22. The number of nitrogens with one attached hydrogen (secondary N) is 1. The number of aryl methyl sites for hydroxylation is 1. The number of methoxy groups -OCH3 is 1. The standard InChI is InChI=1S/C11H17NO3/c1-3-11(13)12-7-4-5-10-9(14-2)6-8-15-10/h6,8H,3-5,7H2,1-2H3,(H,12,13). The average molecular weight is 211 g/mol. The highest BCUT2D eigenvalue weighted by Crippen LogP contribution is 2.20.